The maximum Gasteiger partial charge on any atom is 0.335 e. The summed E-state index contributed by atoms with van der Waals surface area (Å²) in [4.78, 5) is 39.2. The average Bonchev–Trinajstić information content (AvgIpc) is 2.88. The fourth-order valence-electron chi connectivity index (χ4n) is 3.66. The Morgan fingerprint density at radius 2 is 1.54 bits per heavy atom. The third kappa shape index (κ3) is 6.18. The van der Waals surface area contributed by atoms with Crippen molar-refractivity contribution < 1.29 is 28.6 Å². The molecule has 0 saturated carbocycles. The van der Waals surface area contributed by atoms with Gasteiger partial charge in [0.05, 0.1) is 18.9 Å². The number of benzene rings is 3. The van der Waals surface area contributed by atoms with Gasteiger partial charge < -0.3 is 14.2 Å². The number of barbiturate groups is 1. The fourth-order valence-corrected chi connectivity index (χ4v) is 3.92. The SMILES string of the molecule is CCOc1ccc(N2C(=O)NC(=O)/C(=C/c3ccc(OCc4ccc(Br)cc4)c(OCC)c3)C2=O)cc1. The summed E-state index contributed by atoms with van der Waals surface area (Å²) in [6.45, 7) is 4.93. The minimum Gasteiger partial charge on any atom is -0.494 e. The number of carbonyl (C=O) groups is 3. The molecule has 0 aliphatic carbocycles. The summed E-state index contributed by atoms with van der Waals surface area (Å²) >= 11 is 3.41. The van der Waals surface area contributed by atoms with Gasteiger partial charge in [-0.1, -0.05) is 34.1 Å². The van der Waals surface area contributed by atoms with E-state index in [1.165, 1.54) is 6.08 Å². The Hall–Kier alpha value is -4.11. The van der Waals surface area contributed by atoms with Crippen LogP contribution in [0.3, 0.4) is 0 Å². The normalized spacial score (nSPS) is 14.5. The fraction of sp³-hybridized carbons (Fsp3) is 0.179. The highest BCUT2D eigenvalue weighted by Gasteiger charge is 2.36. The topological polar surface area (TPSA) is 94.2 Å². The zero-order chi connectivity index (χ0) is 26.4. The Morgan fingerprint density at radius 1 is 0.838 bits per heavy atom. The number of urea groups is 1. The van der Waals surface area contributed by atoms with Crippen molar-refractivity contribution in [1.29, 1.82) is 0 Å². The van der Waals surface area contributed by atoms with Crippen LogP contribution in [-0.2, 0) is 16.2 Å². The summed E-state index contributed by atoms with van der Waals surface area (Å²) < 4.78 is 18.1. The molecule has 4 amide bonds. The van der Waals surface area contributed by atoms with E-state index in [0.29, 0.717) is 48.3 Å². The van der Waals surface area contributed by atoms with Crippen molar-refractivity contribution in [3.8, 4) is 17.2 Å². The predicted molar refractivity (Wildman–Crippen MR) is 143 cm³/mol. The van der Waals surface area contributed by atoms with Crippen LogP contribution in [0.15, 0.2) is 76.8 Å². The van der Waals surface area contributed by atoms with Crippen LogP contribution in [-0.4, -0.2) is 31.1 Å². The number of amides is 4. The molecule has 0 unspecified atom stereocenters. The van der Waals surface area contributed by atoms with Crippen LogP contribution in [0.5, 0.6) is 17.2 Å². The zero-order valence-corrected chi connectivity index (χ0v) is 21.9. The zero-order valence-electron chi connectivity index (χ0n) is 20.3. The Balaban J connectivity index is 1.58. The summed E-state index contributed by atoms with van der Waals surface area (Å²) in [6, 6.07) is 18.6. The lowest BCUT2D eigenvalue weighted by atomic mass is 10.1. The largest absolute Gasteiger partial charge is 0.494 e. The second-order valence-electron chi connectivity index (χ2n) is 7.94. The number of imide groups is 2. The van der Waals surface area contributed by atoms with Gasteiger partial charge in [0.25, 0.3) is 11.8 Å². The molecule has 37 heavy (non-hydrogen) atoms. The lowest BCUT2D eigenvalue weighted by Gasteiger charge is -2.26. The Bertz CT molecular complexity index is 1340. The third-order valence-electron chi connectivity index (χ3n) is 5.39. The van der Waals surface area contributed by atoms with E-state index in [1.807, 2.05) is 38.1 Å². The Kier molecular flexibility index (Phi) is 8.25. The van der Waals surface area contributed by atoms with Crippen LogP contribution in [0.2, 0.25) is 0 Å². The van der Waals surface area contributed by atoms with Crippen molar-refractivity contribution in [2.75, 3.05) is 18.1 Å². The third-order valence-corrected chi connectivity index (χ3v) is 5.92. The molecule has 0 atom stereocenters. The first-order valence-corrected chi connectivity index (χ1v) is 12.5. The highest BCUT2D eigenvalue weighted by Crippen LogP contribution is 2.31. The van der Waals surface area contributed by atoms with Crippen molar-refractivity contribution in [1.82, 2.24) is 5.32 Å². The van der Waals surface area contributed by atoms with E-state index in [2.05, 4.69) is 21.2 Å². The molecule has 1 aliphatic rings. The minimum absolute atomic E-state index is 0.181. The van der Waals surface area contributed by atoms with Gasteiger partial charge in [-0.15, -0.1) is 0 Å². The first-order chi connectivity index (χ1) is 17.9. The van der Waals surface area contributed by atoms with E-state index in [9.17, 15) is 14.4 Å². The maximum atomic E-state index is 13.2. The number of hydrogen-bond acceptors (Lipinski definition) is 6. The molecule has 1 aliphatic heterocycles. The van der Waals surface area contributed by atoms with E-state index in [0.717, 1.165) is 14.9 Å². The smallest absolute Gasteiger partial charge is 0.335 e. The standard InChI is InChI=1S/C28H25BrN2O6/c1-3-35-22-12-10-21(11-13-22)31-27(33)23(26(32)30-28(31)34)15-19-7-14-24(25(16-19)36-4-2)37-17-18-5-8-20(29)9-6-18/h5-16H,3-4,17H2,1-2H3,(H,30,32,34)/b23-15-. The van der Waals surface area contributed by atoms with Gasteiger partial charge in [-0.25, -0.2) is 9.69 Å². The van der Waals surface area contributed by atoms with E-state index in [4.69, 9.17) is 14.2 Å². The number of ether oxygens (including phenoxy) is 3. The number of anilines is 1. The summed E-state index contributed by atoms with van der Waals surface area (Å²) in [6.07, 6.45) is 1.42. The maximum absolute atomic E-state index is 13.2. The summed E-state index contributed by atoms with van der Waals surface area (Å²) in [5, 5.41) is 2.23. The summed E-state index contributed by atoms with van der Waals surface area (Å²) in [5.41, 5.74) is 1.66. The molecule has 1 heterocycles. The van der Waals surface area contributed by atoms with Gasteiger partial charge >= 0.3 is 6.03 Å². The first-order valence-electron chi connectivity index (χ1n) is 11.7. The number of nitrogens with zero attached hydrogens (tertiary/aromatic N) is 1. The molecule has 8 nitrogen and oxygen atoms in total. The van der Waals surface area contributed by atoms with Crippen LogP contribution in [0.25, 0.3) is 6.08 Å². The van der Waals surface area contributed by atoms with Crippen molar-refractivity contribution in [3.63, 3.8) is 0 Å². The van der Waals surface area contributed by atoms with Crippen LogP contribution in [0.4, 0.5) is 10.5 Å². The van der Waals surface area contributed by atoms with Gasteiger partial charge in [0.1, 0.15) is 17.9 Å². The van der Waals surface area contributed by atoms with Crippen molar-refractivity contribution in [2.24, 2.45) is 0 Å². The van der Waals surface area contributed by atoms with Gasteiger partial charge in [-0.3, -0.25) is 14.9 Å². The van der Waals surface area contributed by atoms with Crippen LogP contribution in [0, 0.1) is 0 Å². The molecule has 0 bridgehead atoms. The van der Waals surface area contributed by atoms with Crippen LogP contribution in [0.1, 0.15) is 25.0 Å². The van der Waals surface area contributed by atoms with E-state index < -0.39 is 17.8 Å². The predicted octanol–water partition coefficient (Wildman–Crippen LogP) is 5.49. The molecule has 4 rings (SSSR count). The van der Waals surface area contributed by atoms with Gasteiger partial charge in [-0.2, -0.15) is 0 Å². The minimum atomic E-state index is -0.817. The van der Waals surface area contributed by atoms with Gasteiger partial charge in [0, 0.05) is 4.47 Å². The summed E-state index contributed by atoms with van der Waals surface area (Å²) in [7, 11) is 0. The van der Waals surface area contributed by atoms with Gasteiger partial charge in [-0.05, 0) is 79.6 Å². The van der Waals surface area contributed by atoms with E-state index >= 15 is 0 Å². The van der Waals surface area contributed by atoms with Crippen LogP contribution >= 0.6 is 15.9 Å². The van der Waals surface area contributed by atoms with Crippen molar-refractivity contribution in [3.05, 3.63) is 87.9 Å². The molecular weight excluding hydrogens is 540 g/mol. The van der Waals surface area contributed by atoms with Gasteiger partial charge in [0.15, 0.2) is 11.5 Å². The lowest BCUT2D eigenvalue weighted by Crippen LogP contribution is -2.54. The number of hydrogen-bond donors (Lipinski definition) is 1. The molecule has 1 N–H and O–H groups in total. The van der Waals surface area contributed by atoms with E-state index in [1.54, 1.807) is 42.5 Å². The lowest BCUT2D eigenvalue weighted by molar-refractivity contribution is -0.122. The Labute approximate surface area is 223 Å². The molecule has 1 saturated heterocycles. The second-order valence-corrected chi connectivity index (χ2v) is 8.85. The Morgan fingerprint density at radius 3 is 2.22 bits per heavy atom. The highest BCUT2D eigenvalue weighted by atomic mass is 79.9. The second kappa shape index (κ2) is 11.7. The monoisotopic (exact) mass is 564 g/mol. The molecule has 0 spiro atoms. The molecule has 3 aromatic carbocycles. The summed E-state index contributed by atoms with van der Waals surface area (Å²) in [5.74, 6) is 0.0978. The molecule has 9 heteroatoms. The molecule has 190 valence electrons. The average molecular weight is 565 g/mol. The number of rotatable bonds is 9. The van der Waals surface area contributed by atoms with E-state index in [-0.39, 0.29) is 5.57 Å². The van der Waals surface area contributed by atoms with Crippen LogP contribution < -0.4 is 24.4 Å². The number of halogens is 1. The number of nitrogens with one attached hydrogen (secondary N) is 1. The molecule has 0 aromatic heterocycles. The highest BCUT2D eigenvalue weighted by molar-refractivity contribution is 9.10. The van der Waals surface area contributed by atoms with Gasteiger partial charge in [0.2, 0.25) is 0 Å². The molecule has 1 fully saturated rings. The molecule has 3 aromatic rings. The molecular formula is C28H25BrN2O6. The quantitative estimate of drug-likeness (QED) is 0.273. The van der Waals surface area contributed by atoms with Crippen molar-refractivity contribution >= 4 is 45.5 Å². The van der Waals surface area contributed by atoms with Crippen molar-refractivity contribution in [2.45, 2.75) is 20.5 Å². The number of carbonyl (C=O) groups excluding carboxylic acids is 3. The first kappa shape index (κ1) is 26.0. The molecule has 0 radical (unpaired) electrons.